The maximum atomic E-state index is 11.8. The number of carbonyl (C=O) groups excluding carboxylic acids is 1. The Morgan fingerprint density at radius 3 is 2.61 bits per heavy atom. The van der Waals surface area contributed by atoms with Gasteiger partial charge in [0.1, 0.15) is 0 Å². The highest BCUT2D eigenvalue weighted by Crippen LogP contribution is 2.14. The minimum Gasteiger partial charge on any atom is -0.380 e. The van der Waals surface area contributed by atoms with E-state index in [9.17, 15) is 4.79 Å². The first-order valence-electron chi connectivity index (χ1n) is 7.41. The Morgan fingerprint density at radius 1 is 1.39 bits per heavy atom. The van der Waals surface area contributed by atoms with Crippen LogP contribution < -0.4 is 16.0 Å². The maximum absolute atomic E-state index is 11.8. The molecule has 1 rings (SSSR count). The van der Waals surface area contributed by atoms with Gasteiger partial charge in [-0.3, -0.25) is 4.79 Å². The van der Waals surface area contributed by atoms with E-state index >= 15 is 0 Å². The lowest BCUT2D eigenvalue weighted by molar-refractivity contribution is -0.123. The molecule has 0 aliphatic heterocycles. The van der Waals surface area contributed by atoms with E-state index in [1.54, 1.807) is 7.11 Å². The zero-order valence-corrected chi connectivity index (χ0v) is 15.7. The van der Waals surface area contributed by atoms with Gasteiger partial charge in [-0.05, 0) is 31.5 Å². The molecule has 1 unspecified atom stereocenters. The van der Waals surface area contributed by atoms with E-state index in [0.717, 1.165) is 13.1 Å². The zero-order chi connectivity index (χ0) is 15.7. The third-order valence-electron chi connectivity index (χ3n) is 3.46. The van der Waals surface area contributed by atoms with Crippen LogP contribution in [-0.2, 0) is 9.53 Å². The number of hydrogen-bond acceptors (Lipinski definition) is 4. The number of benzene rings is 1. The summed E-state index contributed by atoms with van der Waals surface area (Å²) in [5.41, 5.74) is 7.93. The van der Waals surface area contributed by atoms with Crippen molar-refractivity contribution in [2.75, 3.05) is 38.2 Å². The first-order chi connectivity index (χ1) is 10.1. The Hall–Kier alpha value is -1.01. The molecule has 0 aromatic heterocycles. The predicted octanol–water partition coefficient (Wildman–Crippen LogP) is 2.14. The summed E-state index contributed by atoms with van der Waals surface area (Å²) in [6, 6.07) is 8.38. The zero-order valence-electron chi connectivity index (χ0n) is 14.1. The quantitative estimate of drug-likeness (QED) is 0.703. The molecule has 0 aliphatic rings. The third-order valence-corrected chi connectivity index (χ3v) is 3.46. The Morgan fingerprint density at radius 2 is 2.09 bits per heavy atom. The molecule has 0 saturated heterocycles. The number of anilines is 1. The fourth-order valence-electron chi connectivity index (χ4n) is 2.17. The second-order valence-corrected chi connectivity index (χ2v) is 5.07. The van der Waals surface area contributed by atoms with Crippen molar-refractivity contribution in [2.24, 2.45) is 5.73 Å². The molecule has 0 heterocycles. The summed E-state index contributed by atoms with van der Waals surface area (Å²) in [4.78, 5) is 14.0. The number of hydrogen-bond donors (Lipinski definition) is 2. The van der Waals surface area contributed by atoms with Crippen LogP contribution in [0.2, 0.25) is 0 Å². The number of amides is 1. The number of halogens is 2. The number of ether oxygens (including phenoxy) is 1. The van der Waals surface area contributed by atoms with E-state index in [-0.39, 0.29) is 36.8 Å². The molecule has 1 aromatic carbocycles. The van der Waals surface area contributed by atoms with Crippen LogP contribution in [0.3, 0.4) is 0 Å². The van der Waals surface area contributed by atoms with Crippen LogP contribution >= 0.6 is 24.8 Å². The molecule has 23 heavy (non-hydrogen) atoms. The molecule has 0 radical (unpaired) electrons. The van der Waals surface area contributed by atoms with E-state index in [2.05, 4.69) is 48.3 Å². The Kier molecular flexibility index (Phi) is 14.2. The standard InChI is InChI=1S/C16H27N3O2.2ClH/c1-4-19(14-7-5-6-13(2)10-14)9-8-18-16(20)11-15(12-17)21-3;;/h5-7,10,15H,4,8-9,11-12,17H2,1-3H3,(H,18,20);2*1H. The number of nitrogens with two attached hydrogens (primary N) is 1. The topological polar surface area (TPSA) is 67.6 Å². The van der Waals surface area contributed by atoms with Crippen LogP contribution in [0.1, 0.15) is 18.9 Å². The lowest BCUT2D eigenvalue weighted by atomic mass is 10.2. The number of nitrogens with one attached hydrogen (secondary N) is 1. The fourth-order valence-corrected chi connectivity index (χ4v) is 2.17. The highest BCUT2D eigenvalue weighted by Gasteiger charge is 2.11. The SMILES string of the molecule is CCN(CCNC(=O)CC(CN)OC)c1cccc(C)c1.Cl.Cl. The number of nitrogens with zero attached hydrogens (tertiary/aromatic N) is 1. The van der Waals surface area contributed by atoms with Crippen molar-refractivity contribution in [2.45, 2.75) is 26.4 Å². The lowest BCUT2D eigenvalue weighted by Crippen LogP contribution is -2.37. The summed E-state index contributed by atoms with van der Waals surface area (Å²) >= 11 is 0. The van der Waals surface area contributed by atoms with E-state index in [0.29, 0.717) is 19.5 Å². The van der Waals surface area contributed by atoms with Crippen molar-refractivity contribution in [3.05, 3.63) is 29.8 Å². The molecule has 0 aliphatic carbocycles. The van der Waals surface area contributed by atoms with Crippen molar-refractivity contribution in [3.63, 3.8) is 0 Å². The van der Waals surface area contributed by atoms with Gasteiger partial charge in [-0.25, -0.2) is 0 Å². The van der Waals surface area contributed by atoms with Gasteiger partial charge in [0, 0.05) is 39.0 Å². The van der Waals surface area contributed by atoms with E-state index in [1.807, 2.05) is 0 Å². The predicted molar refractivity (Wildman–Crippen MR) is 101 cm³/mol. The van der Waals surface area contributed by atoms with Gasteiger partial charge in [-0.2, -0.15) is 0 Å². The molecule has 0 spiro atoms. The lowest BCUT2D eigenvalue weighted by Gasteiger charge is -2.24. The summed E-state index contributed by atoms with van der Waals surface area (Å²) in [5.74, 6) is -0.0207. The monoisotopic (exact) mass is 365 g/mol. The smallest absolute Gasteiger partial charge is 0.222 e. The summed E-state index contributed by atoms with van der Waals surface area (Å²) < 4.78 is 5.10. The second-order valence-electron chi connectivity index (χ2n) is 5.07. The Balaban J connectivity index is 0. The van der Waals surface area contributed by atoms with E-state index < -0.39 is 0 Å². The van der Waals surface area contributed by atoms with Gasteiger partial charge < -0.3 is 20.7 Å². The fraction of sp³-hybridized carbons (Fsp3) is 0.562. The number of carbonyl (C=O) groups is 1. The van der Waals surface area contributed by atoms with E-state index in [4.69, 9.17) is 10.5 Å². The number of methoxy groups -OCH3 is 1. The molecule has 1 atom stereocenters. The van der Waals surface area contributed by atoms with Crippen molar-refractivity contribution in [3.8, 4) is 0 Å². The minimum absolute atomic E-state index is 0. The molecular weight excluding hydrogens is 337 g/mol. The van der Waals surface area contributed by atoms with E-state index in [1.165, 1.54) is 11.3 Å². The normalized spacial score (nSPS) is 11.0. The first kappa shape index (κ1) is 24.2. The van der Waals surface area contributed by atoms with Crippen molar-refractivity contribution in [1.82, 2.24) is 5.32 Å². The molecule has 1 aromatic rings. The molecule has 0 saturated carbocycles. The average Bonchev–Trinajstić information content (AvgIpc) is 2.49. The van der Waals surface area contributed by atoms with Crippen LogP contribution in [0.4, 0.5) is 5.69 Å². The number of likely N-dealkylation sites (N-methyl/N-ethyl adjacent to an activating group) is 1. The van der Waals surface area contributed by atoms with Gasteiger partial charge in [-0.1, -0.05) is 12.1 Å². The molecular formula is C16H29Cl2N3O2. The largest absolute Gasteiger partial charge is 0.380 e. The number of aryl methyl sites for hydroxylation is 1. The van der Waals surface area contributed by atoms with Gasteiger partial charge in [0.2, 0.25) is 5.91 Å². The Labute approximate surface area is 151 Å². The molecule has 5 nitrogen and oxygen atoms in total. The van der Waals surface area contributed by atoms with Crippen LogP contribution in [0, 0.1) is 6.92 Å². The highest BCUT2D eigenvalue weighted by atomic mass is 35.5. The maximum Gasteiger partial charge on any atom is 0.222 e. The second kappa shape index (κ2) is 13.4. The van der Waals surface area contributed by atoms with Crippen LogP contribution in [-0.4, -0.2) is 45.3 Å². The summed E-state index contributed by atoms with van der Waals surface area (Å²) in [5, 5.41) is 2.91. The van der Waals surface area contributed by atoms with Crippen molar-refractivity contribution >= 4 is 36.4 Å². The van der Waals surface area contributed by atoms with Crippen molar-refractivity contribution in [1.29, 1.82) is 0 Å². The minimum atomic E-state index is -0.205. The average molecular weight is 366 g/mol. The van der Waals surface area contributed by atoms with Crippen LogP contribution in [0.5, 0.6) is 0 Å². The first-order valence-corrected chi connectivity index (χ1v) is 7.41. The summed E-state index contributed by atoms with van der Waals surface area (Å²) in [7, 11) is 1.57. The Bertz CT molecular complexity index is 443. The molecule has 0 fully saturated rings. The molecule has 0 bridgehead atoms. The highest BCUT2D eigenvalue weighted by molar-refractivity contribution is 5.85. The summed E-state index contributed by atoms with van der Waals surface area (Å²) in [6.45, 7) is 6.85. The van der Waals surface area contributed by atoms with Gasteiger partial charge >= 0.3 is 0 Å². The van der Waals surface area contributed by atoms with Gasteiger partial charge in [0.25, 0.3) is 0 Å². The van der Waals surface area contributed by atoms with Crippen molar-refractivity contribution < 1.29 is 9.53 Å². The number of rotatable bonds is 9. The van der Waals surface area contributed by atoms with Crippen LogP contribution in [0.25, 0.3) is 0 Å². The molecule has 134 valence electrons. The van der Waals surface area contributed by atoms with Crippen LogP contribution in [0.15, 0.2) is 24.3 Å². The summed E-state index contributed by atoms with van der Waals surface area (Å²) in [6.07, 6.45) is 0.105. The molecule has 1 amide bonds. The van der Waals surface area contributed by atoms with Gasteiger partial charge in [0.05, 0.1) is 12.5 Å². The molecule has 3 N–H and O–H groups in total. The van der Waals surface area contributed by atoms with Gasteiger partial charge in [-0.15, -0.1) is 24.8 Å². The van der Waals surface area contributed by atoms with Gasteiger partial charge in [0.15, 0.2) is 0 Å². The molecule has 7 heteroatoms. The third kappa shape index (κ3) is 9.01.